The molecule has 0 unspecified atom stereocenters. The molecule has 0 atom stereocenters. The van der Waals surface area contributed by atoms with Crippen molar-refractivity contribution in [3.05, 3.63) is 158 Å². The monoisotopic (exact) mass is 610 g/mol. The number of fused-ring (bicyclic) bond motifs is 15. The molecule has 0 N–H and O–H groups in total. The predicted molar refractivity (Wildman–Crippen MR) is 200 cm³/mol. The van der Waals surface area contributed by atoms with Gasteiger partial charge in [-0.25, -0.2) is 4.98 Å². The molecule has 48 heavy (non-hydrogen) atoms. The van der Waals surface area contributed by atoms with Gasteiger partial charge in [-0.2, -0.15) is 0 Å². The second kappa shape index (κ2) is 9.50. The minimum atomic E-state index is 0.953. The number of hydrogen-bond acceptors (Lipinski definition) is 2. The summed E-state index contributed by atoms with van der Waals surface area (Å²) in [6, 6.07) is 54.6. The summed E-state index contributed by atoms with van der Waals surface area (Å²) in [5, 5.41) is 9.50. The molecule has 0 saturated heterocycles. The zero-order chi connectivity index (χ0) is 31.3. The van der Waals surface area contributed by atoms with Crippen molar-refractivity contribution in [2.75, 3.05) is 0 Å². The first-order valence-electron chi connectivity index (χ1n) is 16.3. The lowest BCUT2D eigenvalue weighted by Crippen LogP contribution is -1.95. The fourth-order valence-corrected chi connectivity index (χ4v) is 8.06. The van der Waals surface area contributed by atoms with Crippen LogP contribution in [0.3, 0.4) is 0 Å². The topological polar surface area (TPSA) is 35.1 Å². The third-order valence-corrected chi connectivity index (χ3v) is 10.1. The Bertz CT molecular complexity index is 3110. The number of imidazole rings is 1. The number of aromatic nitrogens is 4. The van der Waals surface area contributed by atoms with Gasteiger partial charge >= 0.3 is 0 Å². The molecule has 222 valence electrons. The summed E-state index contributed by atoms with van der Waals surface area (Å²) in [4.78, 5) is 10.1. The van der Waals surface area contributed by atoms with Crippen molar-refractivity contribution >= 4 is 81.8 Å². The van der Waals surface area contributed by atoms with Gasteiger partial charge in [0.25, 0.3) is 0 Å². The summed E-state index contributed by atoms with van der Waals surface area (Å²) in [6.45, 7) is 0. The lowest BCUT2D eigenvalue weighted by Gasteiger charge is -2.15. The molecule has 4 aromatic heterocycles. The predicted octanol–water partition coefficient (Wildman–Crippen LogP) is 11.3. The average molecular weight is 611 g/mol. The fourth-order valence-electron chi connectivity index (χ4n) is 8.06. The first-order chi connectivity index (χ1) is 23.8. The summed E-state index contributed by atoms with van der Waals surface area (Å²) in [6.07, 6.45) is 1.89. The first kappa shape index (κ1) is 25.6. The van der Waals surface area contributed by atoms with E-state index in [0.29, 0.717) is 0 Å². The molecular formula is C44H26N4. The average Bonchev–Trinajstić information content (AvgIpc) is 3.71. The van der Waals surface area contributed by atoms with Crippen molar-refractivity contribution in [2.45, 2.75) is 0 Å². The van der Waals surface area contributed by atoms with E-state index in [1.54, 1.807) is 0 Å². The van der Waals surface area contributed by atoms with Gasteiger partial charge in [-0.3, -0.25) is 9.38 Å². The number of rotatable bonds is 2. The van der Waals surface area contributed by atoms with E-state index in [-0.39, 0.29) is 0 Å². The van der Waals surface area contributed by atoms with Crippen LogP contribution in [0.25, 0.3) is 98.7 Å². The van der Waals surface area contributed by atoms with Gasteiger partial charge in [0.15, 0.2) is 0 Å². The minimum absolute atomic E-state index is 0.953. The van der Waals surface area contributed by atoms with Crippen molar-refractivity contribution in [1.29, 1.82) is 0 Å². The van der Waals surface area contributed by atoms with E-state index >= 15 is 0 Å². The van der Waals surface area contributed by atoms with E-state index in [4.69, 9.17) is 9.97 Å². The normalized spacial score (nSPS) is 12.2. The molecule has 0 aliphatic heterocycles. The summed E-state index contributed by atoms with van der Waals surface area (Å²) < 4.78 is 4.76. The number of pyridine rings is 2. The lowest BCUT2D eigenvalue weighted by molar-refractivity contribution is 1.19. The van der Waals surface area contributed by atoms with Crippen LogP contribution in [0.5, 0.6) is 0 Å². The molecule has 0 aliphatic carbocycles. The summed E-state index contributed by atoms with van der Waals surface area (Å²) >= 11 is 0. The Balaban J connectivity index is 1.30. The van der Waals surface area contributed by atoms with Gasteiger partial charge in [0, 0.05) is 49.6 Å². The van der Waals surface area contributed by atoms with E-state index in [9.17, 15) is 0 Å². The summed E-state index contributed by atoms with van der Waals surface area (Å²) in [7, 11) is 0. The van der Waals surface area contributed by atoms with Crippen molar-refractivity contribution in [2.24, 2.45) is 0 Å². The molecule has 4 heterocycles. The second-order valence-corrected chi connectivity index (χ2v) is 12.6. The van der Waals surface area contributed by atoms with Crippen LogP contribution in [-0.4, -0.2) is 18.9 Å². The molecular weight excluding hydrogens is 585 g/mol. The molecule has 0 amide bonds. The van der Waals surface area contributed by atoms with Crippen LogP contribution in [0.2, 0.25) is 0 Å². The van der Waals surface area contributed by atoms with Gasteiger partial charge in [-0.05, 0) is 71.1 Å². The van der Waals surface area contributed by atoms with Gasteiger partial charge in [0.05, 0.1) is 33.1 Å². The Labute approximate surface area is 274 Å². The van der Waals surface area contributed by atoms with E-state index < -0.39 is 0 Å². The molecule has 0 radical (unpaired) electrons. The Kier molecular flexibility index (Phi) is 5.08. The maximum Gasteiger partial charge on any atom is 0.146 e. The first-order valence-corrected chi connectivity index (χ1v) is 16.3. The van der Waals surface area contributed by atoms with Gasteiger partial charge in [0.1, 0.15) is 5.65 Å². The van der Waals surface area contributed by atoms with E-state index in [1.807, 2.05) is 12.3 Å². The Morgan fingerprint density at radius 3 is 2.12 bits per heavy atom. The van der Waals surface area contributed by atoms with Crippen LogP contribution >= 0.6 is 0 Å². The standard InChI is InChI=1S/C44H26N4/c1-2-12-29(13-3-1)47-38-18-8-6-15-31(38)36-26-35(30-14-4-5-16-32(30)43(36)47)28-21-22-33-40(25-28)48-39-19-9-7-17-37(39)46-44(48)34-23-20-27-11-10-24-45-42(27)41(33)34/h1-26H. The highest BCUT2D eigenvalue weighted by Crippen LogP contribution is 2.43. The maximum atomic E-state index is 5.19. The van der Waals surface area contributed by atoms with Crippen LogP contribution in [0.1, 0.15) is 0 Å². The molecule has 7 aromatic carbocycles. The Hall–Kier alpha value is -6.52. The number of nitrogens with zero attached hydrogens (tertiary/aromatic N) is 4. The van der Waals surface area contributed by atoms with Crippen LogP contribution in [0.15, 0.2) is 158 Å². The minimum Gasteiger partial charge on any atom is -0.309 e. The highest BCUT2D eigenvalue weighted by Gasteiger charge is 2.20. The van der Waals surface area contributed by atoms with Crippen molar-refractivity contribution in [1.82, 2.24) is 18.9 Å². The third-order valence-electron chi connectivity index (χ3n) is 10.1. The number of hydrogen-bond donors (Lipinski definition) is 0. The third kappa shape index (κ3) is 3.38. The van der Waals surface area contributed by atoms with Crippen LogP contribution in [-0.2, 0) is 0 Å². The zero-order valence-corrected chi connectivity index (χ0v) is 25.8. The number of para-hydroxylation sites is 4. The van der Waals surface area contributed by atoms with Crippen LogP contribution in [0.4, 0.5) is 0 Å². The zero-order valence-electron chi connectivity index (χ0n) is 25.8. The molecule has 0 spiro atoms. The second-order valence-electron chi connectivity index (χ2n) is 12.6. The van der Waals surface area contributed by atoms with E-state index in [2.05, 4.69) is 155 Å². The van der Waals surface area contributed by atoms with Crippen molar-refractivity contribution in [3.8, 4) is 16.8 Å². The molecule has 11 aromatic rings. The summed E-state index contributed by atoms with van der Waals surface area (Å²) in [5.74, 6) is 0. The molecule has 0 fully saturated rings. The quantitative estimate of drug-likeness (QED) is 0.183. The van der Waals surface area contributed by atoms with Gasteiger partial charge in [0.2, 0.25) is 0 Å². The highest BCUT2D eigenvalue weighted by atomic mass is 15.0. The van der Waals surface area contributed by atoms with Gasteiger partial charge < -0.3 is 4.57 Å². The molecule has 4 heteroatoms. The molecule has 0 saturated carbocycles. The fraction of sp³-hybridized carbons (Fsp3) is 0. The summed E-state index contributed by atoms with van der Waals surface area (Å²) in [5.41, 5.74) is 11.1. The smallest absolute Gasteiger partial charge is 0.146 e. The Morgan fingerprint density at radius 2 is 1.23 bits per heavy atom. The highest BCUT2D eigenvalue weighted by molar-refractivity contribution is 6.25. The van der Waals surface area contributed by atoms with Crippen LogP contribution in [0, 0.1) is 0 Å². The molecule has 11 rings (SSSR count). The van der Waals surface area contributed by atoms with E-state index in [0.717, 1.165) is 49.6 Å². The van der Waals surface area contributed by atoms with Crippen molar-refractivity contribution in [3.63, 3.8) is 0 Å². The van der Waals surface area contributed by atoms with E-state index in [1.165, 1.54) is 49.1 Å². The largest absolute Gasteiger partial charge is 0.309 e. The lowest BCUT2D eigenvalue weighted by atomic mass is 9.93. The SMILES string of the molecule is c1ccc(-n2c3ccccc3c3cc(-c4ccc5c6c(ccc7cccnc76)c6nc7ccccc7n6c5c4)c4ccccc4c32)cc1. The molecule has 0 aliphatic rings. The number of benzene rings is 7. The molecule has 4 nitrogen and oxygen atoms in total. The van der Waals surface area contributed by atoms with Gasteiger partial charge in [-0.1, -0.05) is 97.1 Å². The Morgan fingerprint density at radius 1 is 0.479 bits per heavy atom. The van der Waals surface area contributed by atoms with Crippen molar-refractivity contribution < 1.29 is 0 Å². The maximum absolute atomic E-state index is 5.19. The van der Waals surface area contributed by atoms with Gasteiger partial charge in [-0.15, -0.1) is 0 Å². The molecule has 0 bridgehead atoms. The van der Waals surface area contributed by atoms with Crippen LogP contribution < -0.4 is 0 Å².